The zero-order chi connectivity index (χ0) is 20.3. The zero-order valence-electron chi connectivity index (χ0n) is 16.5. The summed E-state index contributed by atoms with van der Waals surface area (Å²) in [5.41, 5.74) is 1.96. The summed E-state index contributed by atoms with van der Waals surface area (Å²) in [7, 11) is -3.18. The quantitative estimate of drug-likeness (QED) is 0.766. The first kappa shape index (κ1) is 21.0. The molecular formula is C20H27N3O3S2. The van der Waals surface area contributed by atoms with Crippen molar-refractivity contribution >= 4 is 32.4 Å². The van der Waals surface area contributed by atoms with Crippen LogP contribution in [0.15, 0.2) is 30.3 Å². The van der Waals surface area contributed by atoms with Crippen molar-refractivity contribution in [3.05, 3.63) is 35.2 Å². The maximum atomic E-state index is 12.7. The molecule has 1 amide bonds. The van der Waals surface area contributed by atoms with Crippen molar-refractivity contribution in [2.24, 2.45) is 5.92 Å². The number of piperidine rings is 1. The largest absolute Gasteiger partial charge is 0.302 e. The number of nitrogens with one attached hydrogen (secondary N) is 1. The molecule has 3 rings (SSSR count). The van der Waals surface area contributed by atoms with Crippen LogP contribution < -0.4 is 5.32 Å². The van der Waals surface area contributed by atoms with Gasteiger partial charge in [-0.3, -0.25) is 4.79 Å². The second kappa shape index (κ2) is 8.71. The molecule has 1 saturated heterocycles. The predicted molar refractivity (Wildman–Crippen MR) is 114 cm³/mol. The molecule has 2 aromatic rings. The number of benzene rings is 1. The van der Waals surface area contributed by atoms with E-state index in [9.17, 15) is 13.2 Å². The van der Waals surface area contributed by atoms with Crippen molar-refractivity contribution < 1.29 is 13.2 Å². The molecule has 1 fully saturated rings. The van der Waals surface area contributed by atoms with Gasteiger partial charge < -0.3 is 5.32 Å². The third kappa shape index (κ3) is 4.61. The molecule has 1 aromatic carbocycles. The topological polar surface area (TPSA) is 79.4 Å². The summed E-state index contributed by atoms with van der Waals surface area (Å²) < 4.78 is 25.4. The van der Waals surface area contributed by atoms with Gasteiger partial charge in [-0.1, -0.05) is 44.2 Å². The van der Waals surface area contributed by atoms with Crippen LogP contribution in [0.1, 0.15) is 44.4 Å². The number of thiazole rings is 1. The van der Waals surface area contributed by atoms with E-state index < -0.39 is 10.0 Å². The second-order valence-electron chi connectivity index (χ2n) is 7.32. The van der Waals surface area contributed by atoms with E-state index in [1.165, 1.54) is 15.6 Å². The first-order valence-electron chi connectivity index (χ1n) is 9.66. The van der Waals surface area contributed by atoms with Gasteiger partial charge in [0.2, 0.25) is 15.9 Å². The highest BCUT2D eigenvalue weighted by Crippen LogP contribution is 2.36. The number of sulfonamides is 1. The Morgan fingerprint density at radius 3 is 2.46 bits per heavy atom. The lowest BCUT2D eigenvalue weighted by atomic mass is 9.97. The minimum absolute atomic E-state index is 0.0720. The van der Waals surface area contributed by atoms with Gasteiger partial charge in [-0.25, -0.2) is 17.7 Å². The molecule has 2 heterocycles. The van der Waals surface area contributed by atoms with Crippen molar-refractivity contribution in [3.63, 3.8) is 0 Å². The third-order valence-electron chi connectivity index (χ3n) is 5.04. The van der Waals surface area contributed by atoms with Gasteiger partial charge in [0.15, 0.2) is 5.13 Å². The monoisotopic (exact) mass is 421 g/mol. The highest BCUT2D eigenvalue weighted by molar-refractivity contribution is 7.89. The predicted octanol–water partition coefficient (Wildman–Crippen LogP) is 3.93. The molecule has 1 aliphatic rings. The van der Waals surface area contributed by atoms with Gasteiger partial charge in [-0.15, -0.1) is 11.3 Å². The van der Waals surface area contributed by atoms with Gasteiger partial charge in [0.1, 0.15) is 0 Å². The van der Waals surface area contributed by atoms with E-state index in [0.717, 1.165) is 16.1 Å². The van der Waals surface area contributed by atoms with Crippen LogP contribution in [0.2, 0.25) is 0 Å². The molecular weight excluding hydrogens is 394 g/mol. The Labute approximate surface area is 171 Å². The van der Waals surface area contributed by atoms with Gasteiger partial charge in [-0.2, -0.15) is 0 Å². The fourth-order valence-corrected chi connectivity index (χ4v) is 5.49. The van der Waals surface area contributed by atoms with E-state index in [0.29, 0.717) is 37.0 Å². The minimum atomic E-state index is -3.18. The van der Waals surface area contributed by atoms with E-state index in [1.54, 1.807) is 6.92 Å². The van der Waals surface area contributed by atoms with Gasteiger partial charge in [0, 0.05) is 29.4 Å². The van der Waals surface area contributed by atoms with Gasteiger partial charge >= 0.3 is 0 Å². The minimum Gasteiger partial charge on any atom is -0.302 e. The van der Waals surface area contributed by atoms with Crippen molar-refractivity contribution in [2.45, 2.75) is 39.5 Å². The number of hydrogen-bond donors (Lipinski definition) is 1. The standard InChI is InChI=1S/C20H27N3O3S2/c1-4-28(25,26)23-12-10-16(11-13-23)19(24)22-20-21-17(18(27-20)14(2)3)15-8-6-5-7-9-15/h5-9,14,16H,4,10-13H2,1-3H3,(H,21,22,24). The molecule has 0 aliphatic carbocycles. The molecule has 0 bridgehead atoms. The van der Waals surface area contributed by atoms with Crippen LogP contribution in [-0.2, 0) is 14.8 Å². The van der Waals surface area contributed by atoms with Gasteiger partial charge in [0.25, 0.3) is 0 Å². The smallest absolute Gasteiger partial charge is 0.229 e. The molecule has 28 heavy (non-hydrogen) atoms. The Kier molecular flexibility index (Phi) is 6.52. The van der Waals surface area contributed by atoms with E-state index in [1.807, 2.05) is 30.3 Å². The number of nitrogens with zero attached hydrogens (tertiary/aromatic N) is 2. The second-order valence-corrected chi connectivity index (χ2v) is 10.6. The zero-order valence-corrected chi connectivity index (χ0v) is 18.1. The van der Waals surface area contributed by atoms with Gasteiger partial charge in [-0.05, 0) is 25.7 Å². The Morgan fingerprint density at radius 2 is 1.89 bits per heavy atom. The molecule has 1 N–H and O–H groups in total. The van der Waals surface area contributed by atoms with Crippen LogP contribution in [0, 0.1) is 5.92 Å². The average Bonchev–Trinajstić information content (AvgIpc) is 3.13. The van der Waals surface area contributed by atoms with Crippen molar-refractivity contribution in [1.29, 1.82) is 0 Å². The number of carbonyl (C=O) groups is 1. The molecule has 0 radical (unpaired) electrons. The molecule has 8 heteroatoms. The number of hydrogen-bond acceptors (Lipinski definition) is 5. The molecule has 0 atom stereocenters. The Morgan fingerprint density at radius 1 is 1.25 bits per heavy atom. The van der Waals surface area contributed by atoms with Crippen LogP contribution in [-0.4, -0.2) is 42.5 Å². The fraction of sp³-hybridized carbons (Fsp3) is 0.500. The molecule has 0 spiro atoms. The molecule has 0 unspecified atom stereocenters. The van der Waals surface area contributed by atoms with Crippen LogP contribution in [0.3, 0.4) is 0 Å². The summed E-state index contributed by atoms with van der Waals surface area (Å²) in [5, 5.41) is 3.57. The van der Waals surface area contributed by atoms with Crippen molar-refractivity contribution in [1.82, 2.24) is 9.29 Å². The summed E-state index contributed by atoms with van der Waals surface area (Å²) in [6.45, 7) is 6.69. The average molecular weight is 422 g/mol. The third-order valence-corrected chi connectivity index (χ3v) is 8.19. The van der Waals surface area contributed by atoms with Crippen LogP contribution in [0.4, 0.5) is 5.13 Å². The van der Waals surface area contributed by atoms with Crippen molar-refractivity contribution in [2.75, 3.05) is 24.2 Å². The van der Waals surface area contributed by atoms with E-state index in [4.69, 9.17) is 0 Å². The van der Waals surface area contributed by atoms with Crippen molar-refractivity contribution in [3.8, 4) is 11.3 Å². The Balaban J connectivity index is 1.70. The number of amides is 1. The first-order valence-corrected chi connectivity index (χ1v) is 12.1. The van der Waals surface area contributed by atoms with E-state index >= 15 is 0 Å². The molecule has 1 aliphatic heterocycles. The number of aromatic nitrogens is 1. The SMILES string of the molecule is CCS(=O)(=O)N1CCC(C(=O)Nc2nc(-c3ccccc3)c(C(C)C)s2)CC1. The lowest BCUT2D eigenvalue weighted by Gasteiger charge is -2.30. The Hall–Kier alpha value is -1.77. The number of anilines is 1. The fourth-order valence-electron chi connectivity index (χ4n) is 3.37. The summed E-state index contributed by atoms with van der Waals surface area (Å²) in [5.74, 6) is 0.149. The lowest BCUT2D eigenvalue weighted by Crippen LogP contribution is -2.42. The van der Waals surface area contributed by atoms with Gasteiger partial charge in [0.05, 0.1) is 11.4 Å². The maximum Gasteiger partial charge on any atom is 0.229 e. The van der Waals surface area contributed by atoms with Crippen LogP contribution >= 0.6 is 11.3 Å². The molecule has 152 valence electrons. The highest BCUT2D eigenvalue weighted by atomic mass is 32.2. The summed E-state index contributed by atoms with van der Waals surface area (Å²) >= 11 is 1.51. The highest BCUT2D eigenvalue weighted by Gasteiger charge is 2.30. The lowest BCUT2D eigenvalue weighted by molar-refractivity contribution is -0.120. The summed E-state index contributed by atoms with van der Waals surface area (Å²) in [6.07, 6.45) is 1.08. The van der Waals surface area contributed by atoms with E-state index in [2.05, 4.69) is 24.1 Å². The van der Waals surface area contributed by atoms with Crippen LogP contribution in [0.5, 0.6) is 0 Å². The maximum absolute atomic E-state index is 12.7. The molecule has 0 saturated carbocycles. The summed E-state index contributed by atoms with van der Waals surface area (Å²) in [6, 6.07) is 9.98. The van der Waals surface area contributed by atoms with E-state index in [-0.39, 0.29) is 17.6 Å². The number of rotatable bonds is 6. The normalized spacial score (nSPS) is 16.4. The summed E-state index contributed by atoms with van der Waals surface area (Å²) in [4.78, 5) is 18.5. The van der Waals surface area contributed by atoms with Crippen LogP contribution in [0.25, 0.3) is 11.3 Å². The molecule has 1 aromatic heterocycles. The number of carbonyl (C=O) groups excluding carboxylic acids is 1. The molecule has 6 nitrogen and oxygen atoms in total. The Bertz CT molecular complexity index is 915. The first-order chi connectivity index (χ1) is 13.3.